The fraction of sp³-hybridized carbons (Fsp3) is 0.286. The van der Waals surface area contributed by atoms with E-state index in [4.69, 9.17) is 0 Å². The van der Waals surface area contributed by atoms with E-state index in [0.29, 0.717) is 10.8 Å². The summed E-state index contributed by atoms with van der Waals surface area (Å²) in [7, 11) is 0. The summed E-state index contributed by atoms with van der Waals surface area (Å²) in [5.74, 6) is 2.18. The Balaban J connectivity index is 1.54. The van der Waals surface area contributed by atoms with Gasteiger partial charge in [-0.1, -0.05) is 48.2 Å². The highest BCUT2D eigenvalue weighted by Crippen LogP contribution is 2.22. The van der Waals surface area contributed by atoms with Crippen LogP contribution in [0.15, 0.2) is 53.7 Å². The first kappa shape index (κ1) is 21.4. The van der Waals surface area contributed by atoms with Gasteiger partial charge in [-0.3, -0.25) is 4.79 Å². The molecule has 0 bridgehead atoms. The molecule has 29 heavy (non-hydrogen) atoms. The van der Waals surface area contributed by atoms with Gasteiger partial charge in [0.2, 0.25) is 5.91 Å². The fourth-order valence-corrected chi connectivity index (χ4v) is 4.48. The van der Waals surface area contributed by atoms with Crippen molar-refractivity contribution in [1.82, 2.24) is 14.8 Å². The summed E-state index contributed by atoms with van der Waals surface area (Å²) in [6.45, 7) is 4.60. The summed E-state index contributed by atoms with van der Waals surface area (Å²) in [5.41, 5.74) is 2.59. The monoisotopic (exact) mass is 430 g/mol. The average Bonchev–Trinajstić information content (AvgIpc) is 3.12. The summed E-state index contributed by atoms with van der Waals surface area (Å²) >= 11 is 3.12. The SMILES string of the molecule is CCn1c(CSCc2ccccc2)nnc1SCC(=O)Nc1cc(F)ccc1C. The number of hydrogen-bond acceptors (Lipinski definition) is 5. The van der Waals surface area contributed by atoms with Gasteiger partial charge in [-0.05, 0) is 37.1 Å². The lowest BCUT2D eigenvalue weighted by atomic mass is 10.2. The van der Waals surface area contributed by atoms with E-state index in [-0.39, 0.29) is 17.5 Å². The number of amides is 1. The van der Waals surface area contributed by atoms with Crippen molar-refractivity contribution < 1.29 is 9.18 Å². The van der Waals surface area contributed by atoms with Gasteiger partial charge >= 0.3 is 0 Å². The Bertz CT molecular complexity index is 963. The van der Waals surface area contributed by atoms with Crippen LogP contribution in [0, 0.1) is 12.7 Å². The van der Waals surface area contributed by atoms with Crippen molar-refractivity contribution in [3.63, 3.8) is 0 Å². The Morgan fingerprint density at radius 2 is 1.93 bits per heavy atom. The van der Waals surface area contributed by atoms with Gasteiger partial charge in [0.05, 0.1) is 11.5 Å². The first-order valence-electron chi connectivity index (χ1n) is 9.29. The Labute approximate surface area is 178 Å². The van der Waals surface area contributed by atoms with Crippen molar-refractivity contribution in [2.75, 3.05) is 11.1 Å². The van der Waals surface area contributed by atoms with Gasteiger partial charge in [0.1, 0.15) is 11.6 Å². The Kier molecular flexibility index (Phi) is 7.71. The lowest BCUT2D eigenvalue weighted by Gasteiger charge is -2.09. The van der Waals surface area contributed by atoms with Crippen molar-refractivity contribution >= 4 is 35.1 Å². The normalized spacial score (nSPS) is 10.9. The van der Waals surface area contributed by atoms with E-state index >= 15 is 0 Å². The van der Waals surface area contributed by atoms with Crippen LogP contribution in [0.3, 0.4) is 0 Å². The third-order valence-corrected chi connectivity index (χ3v) is 6.23. The second kappa shape index (κ2) is 10.5. The molecular formula is C21H23FN4OS2. The molecule has 0 aliphatic rings. The Morgan fingerprint density at radius 3 is 2.69 bits per heavy atom. The van der Waals surface area contributed by atoms with Gasteiger partial charge in [0, 0.05) is 18.0 Å². The molecule has 0 aliphatic heterocycles. The molecule has 0 radical (unpaired) electrons. The van der Waals surface area contributed by atoms with Crippen LogP contribution in [-0.2, 0) is 22.8 Å². The van der Waals surface area contributed by atoms with Gasteiger partial charge in [0.25, 0.3) is 0 Å². The quantitative estimate of drug-likeness (QED) is 0.489. The molecule has 1 aromatic heterocycles. The molecule has 0 spiro atoms. The highest BCUT2D eigenvalue weighted by Gasteiger charge is 2.14. The molecular weight excluding hydrogens is 407 g/mol. The minimum absolute atomic E-state index is 0.186. The Hall–Kier alpha value is -2.32. The van der Waals surface area contributed by atoms with E-state index in [9.17, 15) is 9.18 Å². The number of halogens is 1. The molecule has 0 unspecified atom stereocenters. The predicted molar refractivity (Wildman–Crippen MR) is 118 cm³/mol. The number of thioether (sulfide) groups is 2. The van der Waals surface area contributed by atoms with Crippen molar-refractivity contribution in [2.45, 2.75) is 37.1 Å². The van der Waals surface area contributed by atoms with Crippen molar-refractivity contribution in [1.29, 1.82) is 0 Å². The van der Waals surface area contributed by atoms with Gasteiger partial charge in [0.15, 0.2) is 5.16 Å². The van der Waals surface area contributed by atoms with Crippen LogP contribution in [0.2, 0.25) is 0 Å². The number of nitrogens with one attached hydrogen (secondary N) is 1. The van der Waals surface area contributed by atoms with E-state index in [1.165, 1.54) is 29.5 Å². The minimum atomic E-state index is -0.373. The molecule has 0 fully saturated rings. The topological polar surface area (TPSA) is 59.8 Å². The maximum Gasteiger partial charge on any atom is 0.234 e. The van der Waals surface area contributed by atoms with Gasteiger partial charge in [-0.25, -0.2) is 4.39 Å². The highest BCUT2D eigenvalue weighted by molar-refractivity contribution is 7.99. The zero-order valence-electron chi connectivity index (χ0n) is 16.4. The number of carbonyl (C=O) groups excluding carboxylic acids is 1. The third-order valence-electron chi connectivity index (χ3n) is 4.26. The summed E-state index contributed by atoms with van der Waals surface area (Å²) in [6, 6.07) is 14.7. The number of aryl methyl sites for hydroxylation is 1. The van der Waals surface area contributed by atoms with Crippen LogP contribution in [0.25, 0.3) is 0 Å². The van der Waals surface area contributed by atoms with Crippen LogP contribution in [0.1, 0.15) is 23.9 Å². The maximum absolute atomic E-state index is 13.4. The molecule has 3 aromatic rings. The fourth-order valence-electron chi connectivity index (χ4n) is 2.73. The van der Waals surface area contributed by atoms with Crippen molar-refractivity contribution in [3.05, 3.63) is 71.3 Å². The largest absolute Gasteiger partial charge is 0.325 e. The number of benzene rings is 2. The number of carbonyl (C=O) groups is 1. The molecule has 152 valence electrons. The second-order valence-electron chi connectivity index (χ2n) is 6.42. The van der Waals surface area contributed by atoms with Crippen molar-refractivity contribution in [2.24, 2.45) is 0 Å². The number of anilines is 1. The lowest BCUT2D eigenvalue weighted by Crippen LogP contribution is -2.15. The molecule has 0 atom stereocenters. The molecule has 1 N–H and O–H groups in total. The van der Waals surface area contributed by atoms with Crippen LogP contribution >= 0.6 is 23.5 Å². The Morgan fingerprint density at radius 1 is 1.14 bits per heavy atom. The third kappa shape index (κ3) is 6.08. The maximum atomic E-state index is 13.4. The predicted octanol–water partition coefficient (Wildman–Crippen LogP) is 4.91. The van der Waals surface area contributed by atoms with Crippen LogP contribution in [-0.4, -0.2) is 26.4 Å². The molecule has 1 heterocycles. The molecule has 8 heteroatoms. The molecule has 2 aromatic carbocycles. The standard InChI is InChI=1S/C21H23FN4OS2/c1-3-26-19(13-28-12-16-7-5-4-6-8-16)24-25-21(26)29-14-20(27)23-18-11-17(22)10-9-15(18)2/h4-11H,3,12-14H2,1-2H3,(H,23,27). The van der Waals surface area contributed by atoms with E-state index in [0.717, 1.165) is 29.4 Å². The van der Waals surface area contributed by atoms with E-state index in [1.807, 2.05) is 36.6 Å². The molecule has 0 aliphatic carbocycles. The number of rotatable bonds is 9. The van der Waals surface area contributed by atoms with Crippen LogP contribution in [0.5, 0.6) is 0 Å². The van der Waals surface area contributed by atoms with Crippen molar-refractivity contribution in [3.8, 4) is 0 Å². The molecule has 0 saturated heterocycles. The number of aromatic nitrogens is 3. The van der Waals surface area contributed by atoms with Crippen LogP contribution < -0.4 is 5.32 Å². The van der Waals surface area contributed by atoms with Crippen LogP contribution in [0.4, 0.5) is 10.1 Å². The smallest absolute Gasteiger partial charge is 0.234 e. The summed E-state index contributed by atoms with van der Waals surface area (Å²) in [4.78, 5) is 12.3. The highest BCUT2D eigenvalue weighted by atomic mass is 32.2. The number of nitrogens with zero attached hydrogens (tertiary/aromatic N) is 3. The summed E-state index contributed by atoms with van der Waals surface area (Å²) < 4.78 is 15.4. The molecule has 3 rings (SSSR count). The van der Waals surface area contributed by atoms with E-state index in [1.54, 1.807) is 17.8 Å². The summed E-state index contributed by atoms with van der Waals surface area (Å²) in [5, 5.41) is 12.0. The van der Waals surface area contributed by atoms with Gasteiger partial charge in [-0.15, -0.1) is 22.0 Å². The zero-order valence-corrected chi connectivity index (χ0v) is 18.0. The minimum Gasteiger partial charge on any atom is -0.325 e. The molecule has 5 nitrogen and oxygen atoms in total. The first-order chi connectivity index (χ1) is 14.1. The average molecular weight is 431 g/mol. The molecule has 1 amide bonds. The van der Waals surface area contributed by atoms with E-state index < -0.39 is 0 Å². The zero-order chi connectivity index (χ0) is 20.6. The summed E-state index contributed by atoms with van der Waals surface area (Å²) in [6.07, 6.45) is 0. The van der Waals surface area contributed by atoms with Gasteiger partial charge in [-0.2, -0.15) is 0 Å². The lowest BCUT2D eigenvalue weighted by molar-refractivity contribution is -0.113. The number of hydrogen-bond donors (Lipinski definition) is 1. The first-order valence-corrected chi connectivity index (χ1v) is 11.4. The second-order valence-corrected chi connectivity index (χ2v) is 8.35. The van der Waals surface area contributed by atoms with Gasteiger partial charge < -0.3 is 9.88 Å². The molecule has 0 saturated carbocycles. The van der Waals surface area contributed by atoms with E-state index in [2.05, 4.69) is 27.6 Å².